The average molecular weight is 557 g/mol. The Labute approximate surface area is 245 Å². The van der Waals surface area contributed by atoms with Gasteiger partial charge in [-0.3, -0.25) is 9.59 Å². The summed E-state index contributed by atoms with van der Waals surface area (Å²) in [6.45, 7) is 14.0. The van der Waals surface area contributed by atoms with Gasteiger partial charge in [-0.05, 0) is 73.4 Å². The SMILES string of the molecule is COc1ccc(/C=C/C(C)(CC(C)(C)C(=O)OCc2ccccc2)C(=O)Oc2c(C(C)C)cccc2C(C)C)cc1. The van der Waals surface area contributed by atoms with Gasteiger partial charge in [0.2, 0.25) is 0 Å². The van der Waals surface area contributed by atoms with Crippen molar-refractivity contribution in [1.82, 2.24) is 0 Å². The van der Waals surface area contributed by atoms with Crippen molar-refractivity contribution in [3.8, 4) is 11.5 Å². The molecule has 0 aliphatic carbocycles. The molecule has 0 bridgehead atoms. The van der Waals surface area contributed by atoms with E-state index < -0.39 is 16.8 Å². The molecular formula is C36H44O5. The van der Waals surface area contributed by atoms with E-state index in [0.29, 0.717) is 5.75 Å². The first kappa shape index (κ1) is 31.7. The second kappa shape index (κ2) is 13.7. The van der Waals surface area contributed by atoms with E-state index in [1.165, 1.54) is 0 Å². The Hall–Kier alpha value is -3.86. The third kappa shape index (κ3) is 8.32. The minimum absolute atomic E-state index is 0.169. The summed E-state index contributed by atoms with van der Waals surface area (Å²) in [5.74, 6) is 0.906. The Kier molecular flexibility index (Phi) is 10.6. The Morgan fingerprint density at radius 1 is 0.780 bits per heavy atom. The summed E-state index contributed by atoms with van der Waals surface area (Å²) in [6, 6.07) is 23.2. The van der Waals surface area contributed by atoms with Gasteiger partial charge < -0.3 is 14.2 Å². The molecule has 0 aliphatic heterocycles. The number of para-hydroxylation sites is 1. The lowest BCUT2D eigenvalue weighted by molar-refractivity contribution is -0.158. The van der Waals surface area contributed by atoms with Crippen molar-refractivity contribution in [3.63, 3.8) is 0 Å². The molecule has 0 amide bonds. The highest BCUT2D eigenvalue weighted by atomic mass is 16.5. The van der Waals surface area contributed by atoms with Gasteiger partial charge in [0.05, 0.1) is 17.9 Å². The lowest BCUT2D eigenvalue weighted by Crippen LogP contribution is -2.39. The van der Waals surface area contributed by atoms with Gasteiger partial charge in [-0.15, -0.1) is 0 Å². The largest absolute Gasteiger partial charge is 0.497 e. The summed E-state index contributed by atoms with van der Waals surface area (Å²) >= 11 is 0. The summed E-state index contributed by atoms with van der Waals surface area (Å²) < 4.78 is 17.3. The van der Waals surface area contributed by atoms with Crippen LogP contribution < -0.4 is 9.47 Å². The van der Waals surface area contributed by atoms with Crippen LogP contribution in [0.3, 0.4) is 0 Å². The number of carbonyl (C=O) groups is 2. The van der Waals surface area contributed by atoms with E-state index in [-0.39, 0.29) is 30.8 Å². The highest BCUT2D eigenvalue weighted by Gasteiger charge is 2.43. The summed E-state index contributed by atoms with van der Waals surface area (Å²) in [6.07, 6.45) is 3.93. The van der Waals surface area contributed by atoms with Gasteiger partial charge in [0, 0.05) is 0 Å². The molecule has 0 saturated carbocycles. The molecule has 0 fully saturated rings. The van der Waals surface area contributed by atoms with Gasteiger partial charge in [-0.25, -0.2) is 0 Å². The number of methoxy groups -OCH3 is 1. The van der Waals surface area contributed by atoms with Crippen molar-refractivity contribution in [2.45, 2.75) is 73.3 Å². The monoisotopic (exact) mass is 556 g/mol. The third-order valence-electron chi connectivity index (χ3n) is 7.31. The molecule has 0 spiro atoms. The fraction of sp³-hybridized carbons (Fsp3) is 0.389. The van der Waals surface area contributed by atoms with Gasteiger partial charge in [0.15, 0.2) is 0 Å². The number of hydrogen-bond donors (Lipinski definition) is 0. The molecule has 3 aromatic rings. The van der Waals surface area contributed by atoms with Gasteiger partial charge >= 0.3 is 11.9 Å². The maximum Gasteiger partial charge on any atom is 0.321 e. The Morgan fingerprint density at radius 3 is 1.90 bits per heavy atom. The van der Waals surface area contributed by atoms with Crippen LogP contribution >= 0.6 is 0 Å². The minimum atomic E-state index is -1.13. The van der Waals surface area contributed by atoms with E-state index in [2.05, 4.69) is 27.7 Å². The summed E-state index contributed by atoms with van der Waals surface area (Å²) in [5, 5.41) is 0. The quantitative estimate of drug-likeness (QED) is 0.165. The van der Waals surface area contributed by atoms with E-state index in [9.17, 15) is 9.59 Å². The molecule has 3 rings (SSSR count). The zero-order valence-corrected chi connectivity index (χ0v) is 25.7. The van der Waals surface area contributed by atoms with Crippen LogP contribution in [0, 0.1) is 10.8 Å². The predicted octanol–water partition coefficient (Wildman–Crippen LogP) is 8.73. The van der Waals surface area contributed by atoms with Crippen LogP contribution in [0.15, 0.2) is 78.9 Å². The summed E-state index contributed by atoms with van der Waals surface area (Å²) in [7, 11) is 1.62. The van der Waals surface area contributed by atoms with Crippen LogP contribution in [-0.2, 0) is 20.9 Å². The number of rotatable bonds is 12. The van der Waals surface area contributed by atoms with E-state index in [1.807, 2.05) is 106 Å². The van der Waals surface area contributed by atoms with Crippen molar-refractivity contribution in [1.29, 1.82) is 0 Å². The van der Waals surface area contributed by atoms with E-state index >= 15 is 0 Å². The summed E-state index contributed by atoms with van der Waals surface area (Å²) in [4.78, 5) is 27.5. The Morgan fingerprint density at radius 2 is 1.37 bits per heavy atom. The molecule has 0 heterocycles. The van der Waals surface area contributed by atoms with Crippen molar-refractivity contribution in [3.05, 3.63) is 101 Å². The van der Waals surface area contributed by atoms with Gasteiger partial charge in [-0.2, -0.15) is 0 Å². The highest BCUT2D eigenvalue weighted by molar-refractivity contribution is 5.85. The van der Waals surface area contributed by atoms with Gasteiger partial charge in [-0.1, -0.05) is 101 Å². The lowest BCUT2D eigenvalue weighted by Gasteiger charge is -2.33. The van der Waals surface area contributed by atoms with Crippen LogP contribution in [0.25, 0.3) is 6.08 Å². The van der Waals surface area contributed by atoms with Crippen LogP contribution in [0.2, 0.25) is 0 Å². The Bertz CT molecular complexity index is 1310. The molecule has 0 saturated heterocycles. The molecule has 218 valence electrons. The number of esters is 2. The number of benzene rings is 3. The highest BCUT2D eigenvalue weighted by Crippen LogP contribution is 2.41. The zero-order valence-electron chi connectivity index (χ0n) is 25.7. The molecule has 41 heavy (non-hydrogen) atoms. The topological polar surface area (TPSA) is 61.8 Å². The fourth-order valence-corrected chi connectivity index (χ4v) is 4.91. The first-order chi connectivity index (χ1) is 19.4. The number of hydrogen-bond acceptors (Lipinski definition) is 5. The van der Waals surface area contributed by atoms with Crippen LogP contribution in [-0.4, -0.2) is 19.0 Å². The smallest absolute Gasteiger partial charge is 0.321 e. The molecule has 3 aromatic carbocycles. The van der Waals surface area contributed by atoms with Gasteiger partial charge in [0.1, 0.15) is 18.1 Å². The lowest BCUT2D eigenvalue weighted by atomic mass is 9.73. The van der Waals surface area contributed by atoms with Gasteiger partial charge in [0.25, 0.3) is 0 Å². The fourth-order valence-electron chi connectivity index (χ4n) is 4.91. The second-order valence-corrected chi connectivity index (χ2v) is 12.1. The average Bonchev–Trinajstić information content (AvgIpc) is 2.95. The van der Waals surface area contributed by atoms with Crippen LogP contribution in [0.5, 0.6) is 11.5 Å². The molecule has 5 nitrogen and oxygen atoms in total. The molecule has 1 atom stereocenters. The first-order valence-corrected chi connectivity index (χ1v) is 14.3. The van der Waals surface area contributed by atoms with E-state index in [1.54, 1.807) is 7.11 Å². The molecule has 0 radical (unpaired) electrons. The number of ether oxygens (including phenoxy) is 3. The zero-order chi connectivity index (χ0) is 30.2. The molecular weight excluding hydrogens is 512 g/mol. The van der Waals surface area contributed by atoms with E-state index in [4.69, 9.17) is 14.2 Å². The first-order valence-electron chi connectivity index (χ1n) is 14.3. The molecule has 0 aliphatic rings. The van der Waals surface area contributed by atoms with Crippen molar-refractivity contribution in [2.75, 3.05) is 7.11 Å². The van der Waals surface area contributed by atoms with Crippen molar-refractivity contribution in [2.24, 2.45) is 10.8 Å². The van der Waals surface area contributed by atoms with Crippen molar-refractivity contribution >= 4 is 18.0 Å². The molecule has 5 heteroatoms. The normalized spacial score (nSPS) is 13.3. The second-order valence-electron chi connectivity index (χ2n) is 12.1. The minimum Gasteiger partial charge on any atom is -0.497 e. The maximum absolute atomic E-state index is 14.1. The van der Waals surface area contributed by atoms with Crippen LogP contribution in [0.1, 0.15) is 89.0 Å². The molecule has 0 N–H and O–H groups in total. The third-order valence-corrected chi connectivity index (χ3v) is 7.31. The number of carbonyl (C=O) groups excluding carboxylic acids is 2. The standard InChI is InChI=1S/C36H44O5/c1-25(2)30-15-12-16-31(26(3)4)32(30)41-34(38)36(7,22-21-27-17-19-29(39-8)20-18-27)24-35(5,6)33(37)40-23-28-13-10-9-11-14-28/h9-22,25-26H,23-24H2,1-8H3/b22-21+. The molecule has 0 aromatic heterocycles. The Balaban J connectivity index is 1.96. The molecule has 1 unspecified atom stereocenters. The van der Waals surface area contributed by atoms with Crippen molar-refractivity contribution < 1.29 is 23.8 Å². The predicted molar refractivity (Wildman–Crippen MR) is 165 cm³/mol. The van der Waals surface area contributed by atoms with Crippen LogP contribution in [0.4, 0.5) is 0 Å². The maximum atomic E-state index is 14.1. The van der Waals surface area contributed by atoms with E-state index in [0.717, 1.165) is 28.0 Å². The summed E-state index contributed by atoms with van der Waals surface area (Å²) in [5.41, 5.74) is 1.67.